The summed E-state index contributed by atoms with van der Waals surface area (Å²) in [5.41, 5.74) is 3.80. The van der Waals surface area contributed by atoms with Gasteiger partial charge >= 0.3 is 0 Å². The minimum absolute atomic E-state index is 0.0525. The van der Waals surface area contributed by atoms with Crippen LogP contribution in [0.3, 0.4) is 0 Å². The second-order valence-corrected chi connectivity index (χ2v) is 6.63. The van der Waals surface area contributed by atoms with Gasteiger partial charge in [0, 0.05) is 23.2 Å². The molecule has 0 unspecified atom stereocenters. The molecule has 0 radical (unpaired) electrons. The average molecular weight is 371 g/mol. The highest BCUT2D eigenvalue weighted by Crippen LogP contribution is 2.21. The van der Waals surface area contributed by atoms with Crippen LogP contribution in [0.5, 0.6) is 0 Å². The Hall–Kier alpha value is -2.21. The van der Waals surface area contributed by atoms with Crippen molar-refractivity contribution in [3.05, 3.63) is 70.9 Å². The molecule has 0 fully saturated rings. The van der Waals surface area contributed by atoms with E-state index in [1.54, 1.807) is 4.80 Å². The van der Waals surface area contributed by atoms with Crippen molar-refractivity contribution in [3.63, 3.8) is 0 Å². The molecule has 1 aromatic heterocycles. The summed E-state index contributed by atoms with van der Waals surface area (Å²) >= 11 is 6.08. The normalized spacial score (nSPS) is 12.3. The molecule has 0 amide bonds. The number of nitrogens with zero attached hydrogens (tertiary/aromatic N) is 3. The Kier molecular flexibility index (Phi) is 6.39. The summed E-state index contributed by atoms with van der Waals surface area (Å²) < 4.78 is 0. The van der Waals surface area contributed by atoms with Crippen molar-refractivity contribution in [2.24, 2.45) is 0 Å². The summed E-state index contributed by atoms with van der Waals surface area (Å²) in [6.45, 7) is 3.26. The lowest BCUT2D eigenvalue weighted by Gasteiger charge is -2.12. The van der Waals surface area contributed by atoms with E-state index < -0.39 is 0 Å². The second-order valence-electron chi connectivity index (χ2n) is 6.19. The highest BCUT2D eigenvalue weighted by atomic mass is 35.5. The molecule has 0 aliphatic heterocycles. The van der Waals surface area contributed by atoms with Crippen molar-refractivity contribution in [2.75, 3.05) is 6.61 Å². The first-order valence-corrected chi connectivity index (χ1v) is 9.15. The van der Waals surface area contributed by atoms with Crippen molar-refractivity contribution in [1.82, 2.24) is 20.3 Å². The topological polar surface area (TPSA) is 63.0 Å². The summed E-state index contributed by atoms with van der Waals surface area (Å²) in [6.07, 6.45) is 0.855. The number of halogens is 1. The van der Waals surface area contributed by atoms with Crippen molar-refractivity contribution in [3.8, 4) is 11.3 Å². The fourth-order valence-corrected chi connectivity index (χ4v) is 2.98. The van der Waals surface area contributed by atoms with Gasteiger partial charge in [-0.3, -0.25) is 0 Å². The molecule has 0 saturated carbocycles. The summed E-state index contributed by atoms with van der Waals surface area (Å²) in [5.74, 6) is 0. The third-order valence-electron chi connectivity index (χ3n) is 4.26. The molecule has 5 nitrogen and oxygen atoms in total. The summed E-state index contributed by atoms with van der Waals surface area (Å²) in [5, 5.41) is 22.8. The molecule has 6 heteroatoms. The molecule has 0 saturated heterocycles. The smallest absolute Gasteiger partial charge is 0.117 e. The molecule has 1 heterocycles. The molecule has 3 rings (SSSR count). The molecule has 3 aromatic rings. The predicted molar refractivity (Wildman–Crippen MR) is 104 cm³/mol. The lowest BCUT2D eigenvalue weighted by Crippen LogP contribution is -2.31. The maximum absolute atomic E-state index is 9.40. The van der Waals surface area contributed by atoms with Gasteiger partial charge in [0.2, 0.25) is 0 Å². The Morgan fingerprint density at radius 3 is 2.62 bits per heavy atom. The van der Waals surface area contributed by atoms with Gasteiger partial charge in [-0.15, -0.1) is 0 Å². The Bertz CT molecular complexity index is 831. The van der Waals surface area contributed by atoms with E-state index in [0.717, 1.165) is 28.9 Å². The maximum Gasteiger partial charge on any atom is 0.117 e. The molecule has 26 heavy (non-hydrogen) atoms. The minimum Gasteiger partial charge on any atom is -0.395 e. The molecular formula is C20H23ClN4O. The second kappa shape index (κ2) is 8.94. The van der Waals surface area contributed by atoms with Crippen molar-refractivity contribution in [2.45, 2.75) is 32.5 Å². The highest BCUT2D eigenvalue weighted by molar-refractivity contribution is 6.30. The molecule has 2 N–H and O–H groups in total. The number of rotatable bonds is 8. The number of nitrogens with one attached hydrogen (secondary N) is 1. The molecule has 0 bridgehead atoms. The quantitative estimate of drug-likeness (QED) is 0.637. The van der Waals surface area contributed by atoms with Gasteiger partial charge in [-0.1, -0.05) is 61.0 Å². The van der Waals surface area contributed by atoms with E-state index in [1.165, 1.54) is 0 Å². The van der Waals surface area contributed by atoms with Crippen LogP contribution in [0, 0.1) is 0 Å². The predicted octanol–water partition coefficient (Wildman–Crippen LogP) is 3.51. The number of aromatic nitrogens is 3. The summed E-state index contributed by atoms with van der Waals surface area (Å²) in [6, 6.07) is 17.8. The number of hydrogen-bond acceptors (Lipinski definition) is 4. The van der Waals surface area contributed by atoms with E-state index in [0.29, 0.717) is 18.1 Å². The summed E-state index contributed by atoms with van der Waals surface area (Å²) in [4.78, 5) is 1.70. The summed E-state index contributed by atoms with van der Waals surface area (Å²) in [7, 11) is 0. The zero-order valence-electron chi connectivity index (χ0n) is 14.8. The first-order valence-electron chi connectivity index (χ1n) is 8.77. The Labute approximate surface area is 158 Å². The van der Waals surface area contributed by atoms with Crippen LogP contribution in [0.25, 0.3) is 11.3 Å². The lowest BCUT2D eigenvalue weighted by atomic mass is 10.1. The van der Waals surface area contributed by atoms with Gasteiger partial charge in [0.15, 0.2) is 0 Å². The van der Waals surface area contributed by atoms with E-state index in [2.05, 4.69) is 10.4 Å². The van der Waals surface area contributed by atoms with Crippen LogP contribution in [0.2, 0.25) is 5.02 Å². The minimum atomic E-state index is 0.0525. The number of aliphatic hydroxyl groups excluding tert-OH is 1. The molecule has 136 valence electrons. The number of benzene rings is 2. The first kappa shape index (κ1) is 18.6. The van der Waals surface area contributed by atoms with E-state index in [-0.39, 0.29) is 12.6 Å². The van der Waals surface area contributed by atoms with Gasteiger partial charge in [0.25, 0.3) is 0 Å². The average Bonchev–Trinajstić information content (AvgIpc) is 3.06. The van der Waals surface area contributed by atoms with Crippen LogP contribution in [0.4, 0.5) is 0 Å². The largest absolute Gasteiger partial charge is 0.395 e. The van der Waals surface area contributed by atoms with E-state index in [4.69, 9.17) is 16.7 Å². The zero-order chi connectivity index (χ0) is 18.4. The van der Waals surface area contributed by atoms with Crippen LogP contribution >= 0.6 is 11.6 Å². The van der Waals surface area contributed by atoms with Crippen LogP contribution in [0.1, 0.15) is 24.6 Å². The van der Waals surface area contributed by atoms with Gasteiger partial charge < -0.3 is 10.4 Å². The van der Waals surface area contributed by atoms with Crippen LogP contribution in [-0.2, 0) is 13.1 Å². The van der Waals surface area contributed by atoms with Gasteiger partial charge in [-0.2, -0.15) is 15.0 Å². The van der Waals surface area contributed by atoms with Gasteiger partial charge in [0.1, 0.15) is 11.4 Å². The molecule has 0 aliphatic rings. The Morgan fingerprint density at radius 1 is 1.12 bits per heavy atom. The van der Waals surface area contributed by atoms with Crippen LogP contribution in [-0.4, -0.2) is 32.7 Å². The van der Waals surface area contributed by atoms with E-state index in [1.807, 2.05) is 61.5 Å². The van der Waals surface area contributed by atoms with Crippen molar-refractivity contribution < 1.29 is 5.11 Å². The fraction of sp³-hybridized carbons (Fsp3) is 0.300. The first-order chi connectivity index (χ1) is 12.7. The number of aliphatic hydroxyl groups is 1. The highest BCUT2D eigenvalue weighted by Gasteiger charge is 2.15. The monoisotopic (exact) mass is 370 g/mol. The van der Waals surface area contributed by atoms with Gasteiger partial charge in [-0.05, 0) is 24.1 Å². The standard InChI is InChI=1S/C20H23ClN4O/c1-2-18(14-26)22-12-19-20(16-8-4-3-5-9-16)24-25(23-19)13-15-7-6-10-17(21)11-15/h3-11,18,22,26H,2,12-14H2,1H3/t18-/m0/s1. The van der Waals surface area contributed by atoms with Crippen LogP contribution in [0.15, 0.2) is 54.6 Å². The molecule has 0 aliphatic carbocycles. The molecule has 0 spiro atoms. The molecular weight excluding hydrogens is 348 g/mol. The Balaban J connectivity index is 1.87. The third-order valence-corrected chi connectivity index (χ3v) is 4.49. The van der Waals surface area contributed by atoms with E-state index >= 15 is 0 Å². The molecule has 1 atom stereocenters. The maximum atomic E-state index is 9.40. The van der Waals surface area contributed by atoms with Gasteiger partial charge in [0.05, 0.1) is 13.2 Å². The van der Waals surface area contributed by atoms with Crippen LogP contribution < -0.4 is 5.32 Å². The fourth-order valence-electron chi connectivity index (χ4n) is 2.77. The zero-order valence-corrected chi connectivity index (χ0v) is 15.5. The van der Waals surface area contributed by atoms with E-state index in [9.17, 15) is 5.11 Å². The van der Waals surface area contributed by atoms with Crippen molar-refractivity contribution in [1.29, 1.82) is 0 Å². The SMILES string of the molecule is CC[C@@H](CO)NCc1nn(Cc2cccc(Cl)c2)nc1-c1ccccc1. The van der Waals surface area contributed by atoms with Crippen molar-refractivity contribution >= 4 is 11.6 Å². The Morgan fingerprint density at radius 2 is 1.92 bits per heavy atom. The molecule has 2 aromatic carbocycles. The number of hydrogen-bond donors (Lipinski definition) is 2. The third kappa shape index (κ3) is 4.69. The van der Waals surface area contributed by atoms with Gasteiger partial charge in [-0.25, -0.2) is 0 Å². The lowest BCUT2D eigenvalue weighted by molar-refractivity contribution is 0.238.